The molecule has 0 aliphatic carbocycles. The van der Waals surface area contributed by atoms with E-state index < -0.39 is 64.2 Å². The van der Waals surface area contributed by atoms with E-state index in [-0.39, 0.29) is 55.4 Å². The monoisotopic (exact) mass is 638 g/mol. The van der Waals surface area contributed by atoms with Crippen LogP contribution in [0, 0.1) is 17.0 Å². The summed E-state index contributed by atoms with van der Waals surface area (Å²) in [5.41, 5.74) is 0.751. The summed E-state index contributed by atoms with van der Waals surface area (Å²) in [5.74, 6) is -5.03. The molecular weight excluding hydrogens is 612 g/mol. The van der Waals surface area contributed by atoms with Crippen molar-refractivity contribution in [1.29, 1.82) is 0 Å². The van der Waals surface area contributed by atoms with Crippen LogP contribution in [0.4, 0.5) is 13.6 Å². The van der Waals surface area contributed by atoms with Gasteiger partial charge in [-0.1, -0.05) is 37.8 Å². The van der Waals surface area contributed by atoms with Crippen LogP contribution in [-0.4, -0.2) is 55.7 Å². The molecule has 0 amide bonds. The zero-order valence-corrected chi connectivity index (χ0v) is 24.9. The highest BCUT2D eigenvalue weighted by Crippen LogP contribution is 2.40. The average molecular weight is 639 g/mol. The molecule has 5 heterocycles. The Morgan fingerprint density at radius 3 is 2.78 bits per heavy atom. The van der Waals surface area contributed by atoms with Crippen molar-refractivity contribution in [2.75, 3.05) is 26.4 Å². The third-order valence-corrected chi connectivity index (χ3v) is 9.44. The maximum Gasteiger partial charge on any atom is 0.514 e. The second-order valence-electron chi connectivity index (χ2n) is 11.7. The number of nitrogens with zero attached hydrogens (tertiary/aromatic N) is 3. The number of rotatable bonds is 3. The number of morpholine rings is 1. The second kappa shape index (κ2) is 10.9. The summed E-state index contributed by atoms with van der Waals surface area (Å²) in [6.45, 7) is 3.73. The number of carbonyl (C=O) groups excluding carboxylic acids is 2. The van der Waals surface area contributed by atoms with E-state index in [0.717, 1.165) is 27.0 Å². The lowest BCUT2D eigenvalue weighted by atomic mass is 9.90. The maximum atomic E-state index is 15.3. The summed E-state index contributed by atoms with van der Waals surface area (Å²) in [6, 6.07) is 9.54. The largest absolute Gasteiger partial charge is 0.870 e. The number of esters is 1. The number of ether oxygens (including phenoxy) is 4. The molecule has 7 rings (SSSR count). The molecule has 0 spiro atoms. The van der Waals surface area contributed by atoms with E-state index in [1.807, 2.05) is 24.3 Å². The van der Waals surface area contributed by atoms with Crippen molar-refractivity contribution in [3.05, 3.63) is 70.1 Å². The molecule has 2 fully saturated rings. The van der Waals surface area contributed by atoms with E-state index in [9.17, 15) is 19.8 Å². The fourth-order valence-corrected chi connectivity index (χ4v) is 7.04. The Labute approximate surface area is 259 Å². The first-order chi connectivity index (χ1) is 21.5. The van der Waals surface area contributed by atoms with Crippen molar-refractivity contribution in [3.8, 4) is 22.8 Å². The van der Waals surface area contributed by atoms with Crippen LogP contribution in [0.25, 0.3) is 17.1 Å². The Bertz CT molecular complexity index is 1900. The smallest absolute Gasteiger partial charge is 0.514 e. The Kier molecular flexibility index (Phi) is 7.08. The van der Waals surface area contributed by atoms with Crippen LogP contribution in [0.5, 0.6) is 11.5 Å². The molecule has 11 nitrogen and oxygen atoms in total. The van der Waals surface area contributed by atoms with E-state index in [0.29, 0.717) is 5.56 Å². The summed E-state index contributed by atoms with van der Waals surface area (Å²) in [5, 5.41) is 31.9. The third kappa shape index (κ3) is 4.92. The molecular formula is C31H26F2N3O8S-. The van der Waals surface area contributed by atoms with Gasteiger partial charge in [0.05, 0.1) is 18.8 Å². The first kappa shape index (κ1) is 29.3. The molecule has 0 bridgehead atoms. The van der Waals surface area contributed by atoms with Crippen LogP contribution in [0.1, 0.15) is 30.5 Å². The molecule has 3 aromatic rings. The van der Waals surface area contributed by atoms with Gasteiger partial charge in [0, 0.05) is 40.1 Å². The van der Waals surface area contributed by atoms with Crippen LogP contribution < -0.4 is 24.7 Å². The minimum Gasteiger partial charge on any atom is -0.870 e. The van der Waals surface area contributed by atoms with Gasteiger partial charge in [-0.05, 0) is 39.2 Å². The highest BCUT2D eigenvalue weighted by molar-refractivity contribution is 7.98. The van der Waals surface area contributed by atoms with Crippen molar-refractivity contribution >= 4 is 29.8 Å². The number of fused-ring (bicyclic) bond motifs is 4. The Morgan fingerprint density at radius 1 is 1.20 bits per heavy atom. The molecule has 0 radical (unpaired) electrons. The molecule has 0 saturated carbocycles. The lowest BCUT2D eigenvalue weighted by Gasteiger charge is -2.37. The Morgan fingerprint density at radius 2 is 2.00 bits per heavy atom. The normalized spacial score (nSPS) is 21.4. The van der Waals surface area contributed by atoms with Gasteiger partial charge in [-0.2, -0.15) is 0 Å². The van der Waals surface area contributed by atoms with Crippen molar-refractivity contribution < 1.29 is 51.9 Å². The molecule has 4 aliphatic heterocycles. The van der Waals surface area contributed by atoms with E-state index >= 15 is 8.78 Å². The zero-order valence-electron chi connectivity index (χ0n) is 24.1. The number of pyridine rings is 1. The van der Waals surface area contributed by atoms with Gasteiger partial charge in [0.1, 0.15) is 6.61 Å². The van der Waals surface area contributed by atoms with E-state index in [1.165, 1.54) is 16.7 Å². The summed E-state index contributed by atoms with van der Waals surface area (Å²) >= 11 is 1.37. The third-order valence-electron chi connectivity index (χ3n) is 8.29. The summed E-state index contributed by atoms with van der Waals surface area (Å²) in [6.07, 6.45) is -3.27. The van der Waals surface area contributed by atoms with Crippen molar-refractivity contribution in [3.63, 3.8) is 0 Å². The molecule has 4 aliphatic rings. The van der Waals surface area contributed by atoms with E-state index in [1.54, 1.807) is 13.8 Å². The van der Waals surface area contributed by atoms with Crippen LogP contribution in [0.2, 0.25) is 0 Å². The summed E-state index contributed by atoms with van der Waals surface area (Å²) in [4.78, 5) is 27.4. The van der Waals surface area contributed by atoms with Crippen LogP contribution >= 0.6 is 11.8 Å². The minimum atomic E-state index is -1.40. The van der Waals surface area contributed by atoms with Gasteiger partial charge < -0.3 is 34.1 Å². The molecule has 0 unspecified atom stereocenters. The quantitative estimate of drug-likeness (QED) is 0.308. The average Bonchev–Trinajstić information content (AvgIpc) is 3.16. The van der Waals surface area contributed by atoms with Crippen LogP contribution in [-0.2, 0) is 31.2 Å². The van der Waals surface area contributed by atoms with Crippen molar-refractivity contribution in [2.24, 2.45) is 10.5 Å². The fourth-order valence-electron chi connectivity index (χ4n) is 5.94. The molecule has 2 saturated heterocycles. The van der Waals surface area contributed by atoms with Gasteiger partial charge in [0.2, 0.25) is 23.7 Å². The standard InChI is InChI=1S/C31H26F2N3O8S/c1-31(2)14-42-29(39)27(31)44-30(40)43-26-21(37)11-20(36-25(26)28(38)35-7-8-41-12-23(35)34-36)17-10-19(32)24(33)18-13-45-22-6-4-3-5-15(22)9-16(17)18/h3-6,10-11,23,27H,7-9,12-14H2,1-2H3/q-1/t23-,27+/m0/s1. The summed E-state index contributed by atoms with van der Waals surface area (Å²) in [7, 11) is 0. The lowest BCUT2D eigenvalue weighted by Crippen LogP contribution is -2.59. The Hall–Kier alpha value is -4.43. The molecule has 14 heteroatoms. The number of cyclic esters (lactones) is 1. The van der Waals surface area contributed by atoms with Gasteiger partial charge in [-0.15, -0.1) is 11.8 Å². The first-order valence-electron chi connectivity index (χ1n) is 14.2. The number of hydrogen-bond acceptors (Lipinski definition) is 11. The van der Waals surface area contributed by atoms with Crippen LogP contribution in [0.15, 0.2) is 46.4 Å². The van der Waals surface area contributed by atoms with Crippen molar-refractivity contribution in [2.45, 2.75) is 43.2 Å². The van der Waals surface area contributed by atoms with Gasteiger partial charge in [-0.25, -0.2) is 18.4 Å². The molecule has 45 heavy (non-hydrogen) atoms. The number of benzene rings is 2. The number of aromatic nitrogens is 1. The van der Waals surface area contributed by atoms with Gasteiger partial charge in [0.25, 0.3) is 5.35 Å². The van der Waals surface area contributed by atoms with Gasteiger partial charge in [-0.3, -0.25) is 0 Å². The number of carbonyl (C=O) groups is 2. The van der Waals surface area contributed by atoms with Gasteiger partial charge >= 0.3 is 12.1 Å². The SMILES string of the molecule is CC1(C)COC(=O)[C@H]1OC(=O)Oc1c([O-])cc(-c2cc(F)c(F)c3c2Cc2ccccc2SC3)[n+]2c1=C([O-])N1CCOC[C@H]1N=2. The second-order valence-corrected chi connectivity index (χ2v) is 12.8. The molecule has 2 atom stereocenters. The van der Waals surface area contributed by atoms with Crippen LogP contribution in [0.3, 0.4) is 0 Å². The molecule has 2 aromatic carbocycles. The van der Waals surface area contributed by atoms with E-state index in [2.05, 4.69) is 5.11 Å². The van der Waals surface area contributed by atoms with Crippen molar-refractivity contribution in [1.82, 2.24) is 4.90 Å². The minimum absolute atomic E-state index is 0.00779. The Balaban J connectivity index is 1.41. The first-order valence-corrected chi connectivity index (χ1v) is 15.2. The highest BCUT2D eigenvalue weighted by atomic mass is 32.2. The van der Waals surface area contributed by atoms with E-state index in [4.69, 9.17) is 18.9 Å². The molecule has 1 aromatic heterocycles. The lowest BCUT2D eigenvalue weighted by molar-refractivity contribution is -0.569. The predicted octanol–water partition coefficient (Wildman–Crippen LogP) is 1.79. The number of halogens is 2. The topological polar surface area (TPSA) is 139 Å². The highest BCUT2D eigenvalue weighted by Gasteiger charge is 2.47. The fraction of sp³-hybridized carbons (Fsp3) is 0.355. The molecule has 0 N–H and O–H groups in total. The summed E-state index contributed by atoms with van der Waals surface area (Å²) < 4.78 is 52.7. The number of thioether (sulfide) groups is 1. The predicted molar refractivity (Wildman–Crippen MR) is 148 cm³/mol. The van der Waals surface area contributed by atoms with Gasteiger partial charge in [0.15, 0.2) is 11.6 Å². The maximum absolute atomic E-state index is 15.3. The number of hydrogen-bond donors (Lipinski definition) is 0. The molecule has 234 valence electrons. The zero-order chi connectivity index (χ0) is 31.6.